The van der Waals surface area contributed by atoms with E-state index in [4.69, 9.17) is 16.6 Å². The first-order valence-corrected chi connectivity index (χ1v) is 10.6. The van der Waals surface area contributed by atoms with Crippen molar-refractivity contribution in [2.24, 2.45) is 23.3 Å². The quantitative estimate of drug-likeness (QED) is 0.143. The zero-order valence-corrected chi connectivity index (χ0v) is 19.3. The summed E-state index contributed by atoms with van der Waals surface area (Å²) in [5.74, 6) is -6.74. The number of carboxylic acid groups (broad SMARTS) is 2. The number of amides is 4. The van der Waals surface area contributed by atoms with Crippen LogP contribution in [0, 0.1) is 11.8 Å². The minimum Gasteiger partial charge on any atom is -0.481 e. The third-order valence-electron chi connectivity index (χ3n) is 5.11. The summed E-state index contributed by atoms with van der Waals surface area (Å²) in [6, 6.07) is -5.15. The maximum absolute atomic E-state index is 12.8. The first-order valence-electron chi connectivity index (χ1n) is 10.6. The molecule has 5 unspecified atom stereocenters. The minimum atomic E-state index is -1.63. The molecule has 0 aromatic rings. The summed E-state index contributed by atoms with van der Waals surface area (Å²) in [6.45, 7) is 6.90. The Hall–Kier alpha value is -3.22. The van der Waals surface area contributed by atoms with Gasteiger partial charge >= 0.3 is 11.9 Å². The predicted octanol–water partition coefficient (Wildman–Crippen LogP) is -1.70. The second kappa shape index (κ2) is 14.0. The Kier molecular flexibility index (Phi) is 12.7. The first kappa shape index (κ1) is 29.8. The minimum absolute atomic E-state index is 0.153. The van der Waals surface area contributed by atoms with Crippen LogP contribution in [-0.4, -0.2) is 69.9 Å². The smallest absolute Gasteiger partial charge is 0.326 e. The summed E-state index contributed by atoms with van der Waals surface area (Å²) >= 11 is 0. The molecule has 0 bridgehead atoms. The highest BCUT2D eigenvalue weighted by Gasteiger charge is 2.33. The third kappa shape index (κ3) is 10.8. The van der Waals surface area contributed by atoms with E-state index in [9.17, 15) is 33.9 Å². The lowest BCUT2D eigenvalue weighted by molar-refractivity contribution is -0.144. The van der Waals surface area contributed by atoms with Crippen molar-refractivity contribution < 1.29 is 39.0 Å². The van der Waals surface area contributed by atoms with Crippen molar-refractivity contribution in [1.82, 2.24) is 16.0 Å². The van der Waals surface area contributed by atoms with E-state index in [0.717, 1.165) is 0 Å². The second-order valence-corrected chi connectivity index (χ2v) is 8.21. The number of primary amides is 1. The van der Waals surface area contributed by atoms with E-state index in [1.807, 2.05) is 6.92 Å². The number of hydrogen-bond donors (Lipinski definition) is 7. The Morgan fingerprint density at radius 1 is 0.848 bits per heavy atom. The summed E-state index contributed by atoms with van der Waals surface area (Å²) in [6.07, 6.45) is -0.854. The number of carbonyl (C=O) groups excluding carboxylic acids is 4. The maximum Gasteiger partial charge on any atom is 0.326 e. The number of rotatable bonds is 15. The average Bonchev–Trinajstić information content (AvgIpc) is 2.71. The summed E-state index contributed by atoms with van der Waals surface area (Å²) in [5.41, 5.74) is 10.9. The molecule has 0 aromatic heterocycles. The van der Waals surface area contributed by atoms with Crippen LogP contribution in [0.3, 0.4) is 0 Å². The van der Waals surface area contributed by atoms with Gasteiger partial charge < -0.3 is 37.6 Å². The highest BCUT2D eigenvalue weighted by atomic mass is 16.4. The third-order valence-corrected chi connectivity index (χ3v) is 5.11. The fourth-order valence-corrected chi connectivity index (χ4v) is 2.76. The van der Waals surface area contributed by atoms with Crippen LogP contribution in [0.15, 0.2) is 0 Å². The fraction of sp³-hybridized carbons (Fsp3) is 0.700. The van der Waals surface area contributed by atoms with Crippen molar-refractivity contribution in [3.8, 4) is 0 Å². The highest BCUT2D eigenvalue weighted by molar-refractivity contribution is 5.95. The van der Waals surface area contributed by atoms with Crippen molar-refractivity contribution >= 4 is 35.6 Å². The molecule has 4 amide bonds. The molecule has 13 heteroatoms. The molecule has 0 heterocycles. The van der Waals surface area contributed by atoms with Crippen molar-refractivity contribution in [3.63, 3.8) is 0 Å². The van der Waals surface area contributed by atoms with E-state index in [1.165, 1.54) is 0 Å². The Balaban J connectivity index is 5.49. The molecule has 0 fully saturated rings. The zero-order chi connectivity index (χ0) is 25.9. The topological polar surface area (TPSA) is 231 Å². The molecule has 5 atom stereocenters. The van der Waals surface area contributed by atoms with Crippen LogP contribution in [0.5, 0.6) is 0 Å². The van der Waals surface area contributed by atoms with Gasteiger partial charge in [-0.15, -0.1) is 0 Å². The number of aliphatic carboxylic acids is 2. The number of carbonyl (C=O) groups is 6. The van der Waals surface area contributed by atoms with Gasteiger partial charge in [-0.2, -0.15) is 0 Å². The molecule has 188 valence electrons. The van der Waals surface area contributed by atoms with Crippen LogP contribution >= 0.6 is 0 Å². The number of hydrogen-bond acceptors (Lipinski definition) is 7. The normalized spacial score (nSPS) is 15.5. The maximum atomic E-state index is 12.8. The van der Waals surface area contributed by atoms with Gasteiger partial charge in [0.15, 0.2) is 0 Å². The van der Waals surface area contributed by atoms with E-state index in [2.05, 4.69) is 16.0 Å². The molecule has 0 spiro atoms. The lowest BCUT2D eigenvalue weighted by atomic mass is 9.97. The molecule has 0 aliphatic heterocycles. The SMILES string of the molecule is CCC(C)C(N)C(=O)NC(C(=O)NC(CC(=O)O)C(=O)NC(CCC(N)=O)C(=O)O)C(C)C. The standard InChI is InChI=1S/C20H35N5O8/c1-5-10(4)15(22)18(30)25-16(9(2)3)19(31)24-12(8-14(27)28)17(29)23-11(20(32)33)6-7-13(21)26/h9-12,15-16H,5-8,22H2,1-4H3,(H2,21,26)(H,23,29)(H,24,31)(H,25,30)(H,27,28)(H,32,33). The number of carboxylic acids is 2. The van der Waals surface area contributed by atoms with Crippen LogP contribution in [0.1, 0.15) is 53.4 Å². The van der Waals surface area contributed by atoms with Gasteiger partial charge in [0.25, 0.3) is 0 Å². The lowest BCUT2D eigenvalue weighted by Gasteiger charge is -2.27. The average molecular weight is 474 g/mol. The van der Waals surface area contributed by atoms with Crippen molar-refractivity contribution in [3.05, 3.63) is 0 Å². The molecule has 0 saturated heterocycles. The van der Waals surface area contributed by atoms with Gasteiger partial charge in [0, 0.05) is 6.42 Å². The van der Waals surface area contributed by atoms with Crippen LogP contribution in [0.25, 0.3) is 0 Å². The zero-order valence-electron chi connectivity index (χ0n) is 19.3. The van der Waals surface area contributed by atoms with Gasteiger partial charge in [-0.1, -0.05) is 34.1 Å². The summed E-state index contributed by atoms with van der Waals surface area (Å²) in [4.78, 5) is 71.2. The molecule has 13 nitrogen and oxygen atoms in total. The largest absolute Gasteiger partial charge is 0.481 e. The molecule has 0 aliphatic carbocycles. The van der Waals surface area contributed by atoms with Crippen molar-refractivity contribution in [2.45, 2.75) is 77.5 Å². The Bertz CT molecular complexity index is 742. The summed E-state index contributed by atoms with van der Waals surface area (Å²) in [5, 5.41) is 25.2. The van der Waals surface area contributed by atoms with Gasteiger partial charge in [0.2, 0.25) is 23.6 Å². The van der Waals surface area contributed by atoms with Gasteiger partial charge in [0.1, 0.15) is 18.1 Å². The van der Waals surface area contributed by atoms with Gasteiger partial charge in [-0.05, 0) is 18.3 Å². The molecule has 0 saturated carbocycles. The Morgan fingerprint density at radius 3 is 1.82 bits per heavy atom. The molecule has 33 heavy (non-hydrogen) atoms. The van der Waals surface area contributed by atoms with E-state index in [0.29, 0.717) is 6.42 Å². The van der Waals surface area contributed by atoms with Crippen LogP contribution < -0.4 is 27.4 Å². The van der Waals surface area contributed by atoms with Gasteiger partial charge in [0.05, 0.1) is 12.5 Å². The fourth-order valence-electron chi connectivity index (χ4n) is 2.76. The molecule has 9 N–H and O–H groups in total. The molecule has 0 rings (SSSR count). The summed E-state index contributed by atoms with van der Waals surface area (Å²) < 4.78 is 0. The first-order chi connectivity index (χ1) is 15.2. The van der Waals surface area contributed by atoms with Crippen molar-refractivity contribution in [2.75, 3.05) is 0 Å². The second-order valence-electron chi connectivity index (χ2n) is 8.21. The van der Waals surface area contributed by atoms with E-state index in [-0.39, 0.29) is 18.8 Å². The van der Waals surface area contributed by atoms with Crippen molar-refractivity contribution in [1.29, 1.82) is 0 Å². The molecular formula is C20H35N5O8. The molecular weight excluding hydrogens is 438 g/mol. The highest BCUT2D eigenvalue weighted by Crippen LogP contribution is 2.09. The number of nitrogens with one attached hydrogen (secondary N) is 3. The van der Waals surface area contributed by atoms with E-state index in [1.54, 1.807) is 20.8 Å². The monoisotopic (exact) mass is 473 g/mol. The van der Waals surface area contributed by atoms with E-state index >= 15 is 0 Å². The number of nitrogens with two attached hydrogens (primary N) is 2. The lowest BCUT2D eigenvalue weighted by Crippen LogP contribution is -2.59. The van der Waals surface area contributed by atoms with Crippen LogP contribution in [0.4, 0.5) is 0 Å². The van der Waals surface area contributed by atoms with E-state index < -0.39 is 72.1 Å². The van der Waals surface area contributed by atoms with Gasteiger partial charge in [-0.25, -0.2) is 4.79 Å². The Morgan fingerprint density at radius 2 is 1.39 bits per heavy atom. The summed E-state index contributed by atoms with van der Waals surface area (Å²) in [7, 11) is 0. The molecule has 0 aromatic carbocycles. The molecule has 0 radical (unpaired) electrons. The molecule has 0 aliphatic rings. The van der Waals surface area contributed by atoms with Gasteiger partial charge in [-0.3, -0.25) is 24.0 Å². The predicted molar refractivity (Wildman–Crippen MR) is 116 cm³/mol. The van der Waals surface area contributed by atoms with Crippen LogP contribution in [0.2, 0.25) is 0 Å². The van der Waals surface area contributed by atoms with Crippen LogP contribution in [-0.2, 0) is 28.8 Å². The Labute approximate surface area is 192 Å².